The maximum atomic E-state index is 13.3. The molecule has 1 amide bonds. The highest BCUT2D eigenvalue weighted by Gasteiger charge is 2.40. The van der Waals surface area contributed by atoms with Gasteiger partial charge in [-0.3, -0.25) is 4.79 Å². The highest BCUT2D eigenvalue weighted by molar-refractivity contribution is 5.87. The van der Waals surface area contributed by atoms with E-state index in [1.54, 1.807) is 7.11 Å². The molecule has 8 nitrogen and oxygen atoms in total. The van der Waals surface area contributed by atoms with Crippen LogP contribution in [0.4, 0.5) is 0 Å². The second kappa shape index (κ2) is 9.32. The summed E-state index contributed by atoms with van der Waals surface area (Å²) in [5.74, 6) is 0.789. The number of ether oxygens (including phenoxy) is 3. The maximum absolute atomic E-state index is 13.3. The van der Waals surface area contributed by atoms with E-state index >= 15 is 0 Å². The summed E-state index contributed by atoms with van der Waals surface area (Å²) >= 11 is 0. The number of morpholine rings is 1. The summed E-state index contributed by atoms with van der Waals surface area (Å²) in [5.41, 5.74) is 2.45. The normalized spacial score (nSPS) is 20.3. The average molecular weight is 418 g/mol. The van der Waals surface area contributed by atoms with Crippen molar-refractivity contribution in [1.82, 2.24) is 15.4 Å². The summed E-state index contributed by atoms with van der Waals surface area (Å²) < 4.78 is 22.5. The summed E-state index contributed by atoms with van der Waals surface area (Å²) in [5, 5.41) is 8.25. The van der Waals surface area contributed by atoms with E-state index in [1.165, 1.54) is 0 Å². The Bertz CT molecular complexity index is 873. The average Bonchev–Trinajstić information content (AvgIpc) is 3.53. The first-order valence-corrected chi connectivity index (χ1v) is 10.8. The van der Waals surface area contributed by atoms with Gasteiger partial charge in [0.1, 0.15) is 11.9 Å². The van der Waals surface area contributed by atoms with Crippen LogP contribution in [-0.2, 0) is 14.3 Å². The van der Waals surface area contributed by atoms with Crippen LogP contribution in [0.2, 0.25) is 0 Å². The molecule has 2 aromatic rings. The SMILES string of the molecule is COCCCOc1cc([C@@H](C)N(C(=O)[C@H]2CNCCO2)C2CC2)cc2onc(C)c12. The van der Waals surface area contributed by atoms with Gasteiger partial charge in [-0.1, -0.05) is 5.16 Å². The number of carbonyl (C=O) groups excluding carboxylic acids is 1. The zero-order valence-electron chi connectivity index (χ0n) is 18.0. The molecule has 1 aliphatic carbocycles. The maximum Gasteiger partial charge on any atom is 0.253 e. The molecule has 30 heavy (non-hydrogen) atoms. The van der Waals surface area contributed by atoms with E-state index in [2.05, 4.69) is 17.4 Å². The molecule has 1 saturated heterocycles. The number of benzene rings is 1. The Labute approximate surface area is 176 Å². The lowest BCUT2D eigenvalue weighted by Gasteiger charge is -2.34. The molecule has 1 saturated carbocycles. The van der Waals surface area contributed by atoms with E-state index in [-0.39, 0.29) is 18.0 Å². The molecule has 1 N–H and O–H groups in total. The van der Waals surface area contributed by atoms with Gasteiger partial charge in [0.05, 0.1) is 30.3 Å². The van der Waals surface area contributed by atoms with Gasteiger partial charge in [0.25, 0.3) is 5.91 Å². The van der Waals surface area contributed by atoms with Crippen LogP contribution in [0.5, 0.6) is 5.75 Å². The fraction of sp³-hybridized carbons (Fsp3) is 0.636. The summed E-state index contributed by atoms with van der Waals surface area (Å²) in [6.07, 6.45) is 2.42. The zero-order chi connectivity index (χ0) is 21.1. The number of methoxy groups -OCH3 is 1. The number of hydrogen-bond acceptors (Lipinski definition) is 7. The molecule has 164 valence electrons. The molecule has 0 unspecified atom stereocenters. The van der Waals surface area contributed by atoms with Crippen molar-refractivity contribution in [3.05, 3.63) is 23.4 Å². The molecule has 2 heterocycles. The van der Waals surface area contributed by atoms with Crippen molar-refractivity contribution in [1.29, 1.82) is 0 Å². The van der Waals surface area contributed by atoms with Gasteiger partial charge in [-0.15, -0.1) is 0 Å². The summed E-state index contributed by atoms with van der Waals surface area (Å²) in [6, 6.07) is 4.14. The largest absolute Gasteiger partial charge is 0.493 e. The van der Waals surface area contributed by atoms with Crippen molar-refractivity contribution < 1.29 is 23.5 Å². The van der Waals surface area contributed by atoms with Crippen LogP contribution >= 0.6 is 0 Å². The predicted molar refractivity (Wildman–Crippen MR) is 112 cm³/mol. The van der Waals surface area contributed by atoms with Gasteiger partial charge in [-0.25, -0.2) is 0 Å². The fourth-order valence-corrected chi connectivity index (χ4v) is 4.03. The highest BCUT2D eigenvalue weighted by atomic mass is 16.5. The predicted octanol–water partition coefficient (Wildman–Crippen LogP) is 2.59. The Morgan fingerprint density at radius 2 is 2.20 bits per heavy atom. The lowest BCUT2D eigenvalue weighted by molar-refractivity contribution is -0.148. The number of aromatic nitrogens is 1. The van der Waals surface area contributed by atoms with Crippen molar-refractivity contribution in [3.8, 4) is 5.75 Å². The van der Waals surface area contributed by atoms with Gasteiger partial charge in [0, 0.05) is 39.3 Å². The van der Waals surface area contributed by atoms with Crippen molar-refractivity contribution in [2.75, 3.05) is 40.0 Å². The first kappa shape index (κ1) is 21.1. The number of aryl methyl sites for hydroxylation is 1. The Morgan fingerprint density at radius 1 is 1.37 bits per heavy atom. The molecular weight excluding hydrogens is 386 g/mol. The molecule has 1 aliphatic heterocycles. The van der Waals surface area contributed by atoms with Crippen molar-refractivity contribution in [2.24, 2.45) is 0 Å². The minimum Gasteiger partial charge on any atom is -0.493 e. The molecule has 2 fully saturated rings. The number of amides is 1. The highest BCUT2D eigenvalue weighted by Crippen LogP contribution is 2.39. The first-order valence-electron chi connectivity index (χ1n) is 10.8. The third-order valence-corrected chi connectivity index (χ3v) is 5.78. The topological polar surface area (TPSA) is 86.1 Å². The number of nitrogens with zero attached hydrogens (tertiary/aromatic N) is 2. The molecule has 0 spiro atoms. The van der Waals surface area contributed by atoms with Crippen LogP contribution in [-0.4, -0.2) is 68.1 Å². The second-order valence-corrected chi connectivity index (χ2v) is 8.07. The number of hydrogen-bond donors (Lipinski definition) is 1. The molecule has 1 aromatic heterocycles. The lowest BCUT2D eigenvalue weighted by Crippen LogP contribution is -2.50. The second-order valence-electron chi connectivity index (χ2n) is 8.07. The molecule has 0 radical (unpaired) electrons. The number of nitrogens with one attached hydrogen (secondary N) is 1. The van der Waals surface area contributed by atoms with Gasteiger partial charge in [-0.2, -0.15) is 0 Å². The van der Waals surface area contributed by atoms with E-state index in [4.69, 9.17) is 18.7 Å². The monoisotopic (exact) mass is 417 g/mol. The number of rotatable bonds is 9. The van der Waals surface area contributed by atoms with Gasteiger partial charge in [0.2, 0.25) is 0 Å². The van der Waals surface area contributed by atoms with Crippen molar-refractivity contribution >= 4 is 16.9 Å². The minimum atomic E-state index is -0.428. The fourth-order valence-electron chi connectivity index (χ4n) is 4.03. The van der Waals surface area contributed by atoms with E-state index in [0.29, 0.717) is 31.9 Å². The van der Waals surface area contributed by atoms with Crippen molar-refractivity contribution in [2.45, 2.75) is 51.3 Å². The van der Waals surface area contributed by atoms with E-state index < -0.39 is 6.10 Å². The Balaban J connectivity index is 1.60. The van der Waals surface area contributed by atoms with Gasteiger partial charge in [-0.05, 0) is 44.4 Å². The molecule has 0 bridgehead atoms. The molecular formula is C22H31N3O5. The summed E-state index contributed by atoms with van der Waals surface area (Å²) in [7, 11) is 1.68. The Hall–Kier alpha value is -2.16. The molecule has 2 atom stereocenters. The third kappa shape index (κ3) is 4.45. The van der Waals surface area contributed by atoms with Crippen LogP contribution in [0.15, 0.2) is 16.7 Å². The van der Waals surface area contributed by atoms with Crippen molar-refractivity contribution in [3.63, 3.8) is 0 Å². The summed E-state index contributed by atoms with van der Waals surface area (Å²) in [6.45, 7) is 7.05. The van der Waals surface area contributed by atoms with Crippen LogP contribution in [0.25, 0.3) is 11.0 Å². The van der Waals surface area contributed by atoms with Crippen LogP contribution in [0.1, 0.15) is 43.5 Å². The quantitative estimate of drug-likeness (QED) is 0.628. The summed E-state index contributed by atoms with van der Waals surface area (Å²) in [4.78, 5) is 15.3. The van der Waals surface area contributed by atoms with Gasteiger partial charge >= 0.3 is 0 Å². The van der Waals surface area contributed by atoms with Gasteiger partial charge < -0.3 is 29.0 Å². The number of fused-ring (bicyclic) bond motifs is 1. The Morgan fingerprint density at radius 3 is 2.90 bits per heavy atom. The van der Waals surface area contributed by atoms with Crippen LogP contribution < -0.4 is 10.1 Å². The first-order chi connectivity index (χ1) is 14.6. The van der Waals surface area contributed by atoms with Crippen LogP contribution in [0, 0.1) is 6.92 Å². The molecule has 2 aliphatic rings. The zero-order valence-corrected chi connectivity index (χ0v) is 18.0. The minimum absolute atomic E-state index is 0.0496. The van der Waals surface area contributed by atoms with Crippen LogP contribution in [0.3, 0.4) is 0 Å². The molecule has 4 rings (SSSR count). The lowest BCUT2D eigenvalue weighted by atomic mass is 10.0. The Kier molecular flexibility index (Phi) is 6.55. The molecule has 1 aromatic carbocycles. The molecule has 8 heteroatoms. The van der Waals surface area contributed by atoms with E-state index in [9.17, 15) is 4.79 Å². The number of carbonyl (C=O) groups is 1. The van der Waals surface area contributed by atoms with E-state index in [0.717, 1.165) is 48.2 Å². The van der Waals surface area contributed by atoms with E-state index in [1.807, 2.05) is 24.0 Å². The van der Waals surface area contributed by atoms with Gasteiger partial charge in [0.15, 0.2) is 5.58 Å². The third-order valence-electron chi connectivity index (χ3n) is 5.78. The smallest absolute Gasteiger partial charge is 0.253 e. The standard InChI is InChI=1S/C22H31N3O5/c1-14-21-18(28-9-4-8-27-3)11-16(12-19(21)30-24-14)15(2)25(17-5-6-17)22(26)20-13-23-7-10-29-20/h11-12,15,17,20,23H,4-10,13H2,1-3H3/t15-,20-/m1/s1.